The van der Waals surface area contributed by atoms with Gasteiger partial charge in [0.15, 0.2) is 0 Å². The summed E-state index contributed by atoms with van der Waals surface area (Å²) in [6, 6.07) is 6.75. The Kier molecular flexibility index (Phi) is 5.09. The van der Waals surface area contributed by atoms with E-state index in [2.05, 4.69) is 43.5 Å². The van der Waals surface area contributed by atoms with E-state index in [9.17, 15) is 4.79 Å². The van der Waals surface area contributed by atoms with Gasteiger partial charge in [-0.2, -0.15) is 0 Å². The maximum atomic E-state index is 12.1. The highest BCUT2D eigenvalue weighted by Gasteiger charge is 2.40. The molecule has 3 rings (SSSR count). The summed E-state index contributed by atoms with van der Waals surface area (Å²) in [5, 5.41) is 0. The number of carbonyl (C=O) groups is 1. The van der Waals surface area contributed by atoms with E-state index in [-0.39, 0.29) is 0 Å². The minimum absolute atomic E-state index is 0.304. The predicted octanol–water partition coefficient (Wildman–Crippen LogP) is 3.69. The molecule has 130 valence electrons. The molecule has 3 heteroatoms. The molecule has 2 aliphatic rings. The fourth-order valence-electron chi connectivity index (χ4n) is 4.23. The molecular formula is C21H30N2O. The van der Waals surface area contributed by atoms with Crippen molar-refractivity contribution in [2.24, 2.45) is 5.41 Å². The van der Waals surface area contributed by atoms with E-state index in [1.165, 1.54) is 29.5 Å². The summed E-state index contributed by atoms with van der Waals surface area (Å²) in [4.78, 5) is 16.6. The Hall–Kier alpha value is -1.61. The Balaban J connectivity index is 1.60. The van der Waals surface area contributed by atoms with Gasteiger partial charge in [0.1, 0.15) is 0 Å². The fourth-order valence-corrected chi connectivity index (χ4v) is 4.23. The van der Waals surface area contributed by atoms with Crippen molar-refractivity contribution < 1.29 is 4.79 Å². The molecule has 2 aliphatic heterocycles. The van der Waals surface area contributed by atoms with E-state index >= 15 is 0 Å². The number of benzene rings is 1. The SMILES string of the molecule is C=CCN1CC2(CCC1=O)CCN(Cc1cc(C)ccc1C)CC2. The monoisotopic (exact) mass is 326 g/mol. The second-order valence-electron chi connectivity index (χ2n) is 7.77. The van der Waals surface area contributed by atoms with E-state index in [0.717, 1.165) is 32.6 Å². The molecule has 0 bridgehead atoms. The van der Waals surface area contributed by atoms with Crippen LogP contribution < -0.4 is 0 Å². The van der Waals surface area contributed by atoms with E-state index in [4.69, 9.17) is 0 Å². The summed E-state index contributed by atoms with van der Waals surface area (Å²) in [5.74, 6) is 0.304. The lowest BCUT2D eigenvalue weighted by molar-refractivity contribution is -0.138. The summed E-state index contributed by atoms with van der Waals surface area (Å²) >= 11 is 0. The third kappa shape index (κ3) is 3.72. The number of hydrogen-bond acceptors (Lipinski definition) is 2. The van der Waals surface area contributed by atoms with Crippen LogP contribution >= 0.6 is 0 Å². The summed E-state index contributed by atoms with van der Waals surface area (Å²) in [6.07, 6.45) is 6.05. The second kappa shape index (κ2) is 7.10. The van der Waals surface area contributed by atoms with Crippen LogP contribution in [0.1, 0.15) is 42.4 Å². The van der Waals surface area contributed by atoms with Gasteiger partial charge >= 0.3 is 0 Å². The Morgan fingerprint density at radius 1 is 1.21 bits per heavy atom. The van der Waals surface area contributed by atoms with Crippen LogP contribution in [0.4, 0.5) is 0 Å². The molecule has 1 aromatic carbocycles. The molecule has 0 unspecified atom stereocenters. The number of likely N-dealkylation sites (tertiary alicyclic amines) is 2. The molecule has 2 heterocycles. The molecule has 0 saturated carbocycles. The van der Waals surface area contributed by atoms with E-state index in [1.807, 2.05) is 11.0 Å². The smallest absolute Gasteiger partial charge is 0.222 e. The zero-order valence-corrected chi connectivity index (χ0v) is 15.2. The Labute approximate surface area is 146 Å². The fraction of sp³-hybridized carbons (Fsp3) is 0.571. The number of hydrogen-bond donors (Lipinski definition) is 0. The first-order chi connectivity index (χ1) is 11.5. The molecular weight excluding hydrogens is 296 g/mol. The predicted molar refractivity (Wildman–Crippen MR) is 98.9 cm³/mol. The number of rotatable bonds is 4. The van der Waals surface area contributed by atoms with Crippen LogP contribution in [0.15, 0.2) is 30.9 Å². The molecule has 2 fully saturated rings. The third-order valence-corrected chi connectivity index (χ3v) is 5.91. The van der Waals surface area contributed by atoms with Crippen molar-refractivity contribution in [3.8, 4) is 0 Å². The van der Waals surface area contributed by atoms with Gasteiger partial charge in [0.25, 0.3) is 0 Å². The highest BCUT2D eigenvalue weighted by atomic mass is 16.2. The van der Waals surface area contributed by atoms with Crippen molar-refractivity contribution in [2.45, 2.75) is 46.1 Å². The lowest BCUT2D eigenvalue weighted by Gasteiger charge is -2.47. The van der Waals surface area contributed by atoms with Gasteiger partial charge in [-0.25, -0.2) is 0 Å². The summed E-state index contributed by atoms with van der Waals surface area (Å²) < 4.78 is 0. The van der Waals surface area contributed by atoms with Gasteiger partial charge in [0, 0.05) is 26.1 Å². The van der Waals surface area contributed by atoms with E-state index < -0.39 is 0 Å². The maximum Gasteiger partial charge on any atom is 0.222 e. The third-order valence-electron chi connectivity index (χ3n) is 5.91. The molecule has 1 aromatic rings. The number of piperidine rings is 2. The van der Waals surface area contributed by atoms with Crippen molar-refractivity contribution in [3.05, 3.63) is 47.5 Å². The first-order valence-corrected chi connectivity index (χ1v) is 9.18. The van der Waals surface area contributed by atoms with Gasteiger partial charge in [-0.05, 0) is 62.7 Å². The Morgan fingerprint density at radius 2 is 1.96 bits per heavy atom. The van der Waals surface area contributed by atoms with Crippen LogP contribution in [0.3, 0.4) is 0 Å². The molecule has 2 saturated heterocycles. The number of nitrogens with zero attached hydrogens (tertiary/aromatic N) is 2. The van der Waals surface area contributed by atoms with Crippen LogP contribution in [0, 0.1) is 19.3 Å². The molecule has 1 spiro atoms. The summed E-state index contributed by atoms with van der Waals surface area (Å²) in [7, 11) is 0. The van der Waals surface area contributed by atoms with Crippen LogP contribution in [-0.4, -0.2) is 41.9 Å². The zero-order valence-electron chi connectivity index (χ0n) is 15.2. The Morgan fingerprint density at radius 3 is 2.67 bits per heavy atom. The van der Waals surface area contributed by atoms with Gasteiger partial charge in [0.05, 0.1) is 0 Å². The molecule has 0 aromatic heterocycles. The molecule has 1 amide bonds. The van der Waals surface area contributed by atoms with Crippen molar-refractivity contribution in [3.63, 3.8) is 0 Å². The standard InChI is InChI=1S/C21H30N2O/c1-4-11-23-16-21(8-7-20(23)24)9-12-22(13-10-21)15-19-14-17(2)5-6-18(19)3/h4-6,14H,1,7-13,15-16H2,2-3H3. The van der Waals surface area contributed by atoms with Gasteiger partial charge < -0.3 is 4.90 Å². The highest BCUT2D eigenvalue weighted by Crippen LogP contribution is 2.40. The number of amides is 1. The molecule has 0 N–H and O–H groups in total. The van der Waals surface area contributed by atoms with Crippen LogP contribution in [-0.2, 0) is 11.3 Å². The first-order valence-electron chi connectivity index (χ1n) is 9.18. The minimum atomic E-state index is 0.304. The largest absolute Gasteiger partial charge is 0.338 e. The van der Waals surface area contributed by atoms with Gasteiger partial charge in [-0.15, -0.1) is 6.58 Å². The summed E-state index contributed by atoms with van der Waals surface area (Å²) in [5.41, 5.74) is 4.53. The maximum absolute atomic E-state index is 12.1. The topological polar surface area (TPSA) is 23.6 Å². The number of carbonyl (C=O) groups excluding carboxylic acids is 1. The van der Waals surface area contributed by atoms with Crippen LogP contribution in [0.25, 0.3) is 0 Å². The van der Waals surface area contributed by atoms with Gasteiger partial charge in [-0.3, -0.25) is 9.69 Å². The van der Waals surface area contributed by atoms with Crippen molar-refractivity contribution in [1.82, 2.24) is 9.80 Å². The zero-order chi connectivity index (χ0) is 17.2. The van der Waals surface area contributed by atoms with Crippen LogP contribution in [0.5, 0.6) is 0 Å². The molecule has 0 atom stereocenters. The van der Waals surface area contributed by atoms with Crippen LogP contribution in [0.2, 0.25) is 0 Å². The highest BCUT2D eigenvalue weighted by molar-refractivity contribution is 5.77. The molecule has 24 heavy (non-hydrogen) atoms. The lowest BCUT2D eigenvalue weighted by Crippen LogP contribution is -2.51. The molecule has 0 radical (unpaired) electrons. The summed E-state index contributed by atoms with van der Waals surface area (Å²) in [6.45, 7) is 13.1. The van der Waals surface area contributed by atoms with E-state index in [0.29, 0.717) is 24.3 Å². The molecule has 3 nitrogen and oxygen atoms in total. The van der Waals surface area contributed by atoms with Gasteiger partial charge in [0.2, 0.25) is 5.91 Å². The normalized spacial score (nSPS) is 21.2. The van der Waals surface area contributed by atoms with E-state index in [1.54, 1.807) is 0 Å². The first kappa shape index (κ1) is 17.2. The number of aryl methyl sites for hydroxylation is 2. The quantitative estimate of drug-likeness (QED) is 0.788. The van der Waals surface area contributed by atoms with Crippen molar-refractivity contribution in [1.29, 1.82) is 0 Å². The van der Waals surface area contributed by atoms with Gasteiger partial charge in [-0.1, -0.05) is 29.8 Å². The van der Waals surface area contributed by atoms with Crippen molar-refractivity contribution in [2.75, 3.05) is 26.2 Å². The average molecular weight is 326 g/mol. The lowest BCUT2D eigenvalue weighted by atomic mass is 9.72. The van der Waals surface area contributed by atoms with Crippen molar-refractivity contribution >= 4 is 5.91 Å². The minimum Gasteiger partial charge on any atom is -0.338 e. The Bertz CT molecular complexity index is 614. The average Bonchev–Trinajstić information content (AvgIpc) is 2.57. The molecule has 0 aliphatic carbocycles. The second-order valence-corrected chi connectivity index (χ2v) is 7.77.